The first-order valence-electron chi connectivity index (χ1n) is 3.27. The van der Waals surface area contributed by atoms with E-state index in [2.05, 4.69) is 0 Å². The maximum absolute atomic E-state index is 10.4. The van der Waals surface area contributed by atoms with Gasteiger partial charge in [-0.2, -0.15) is 0 Å². The normalized spacial score (nSPS) is 9.30. The average molecular weight is 132 g/mol. The molecular formula is C8H9BO. The lowest BCUT2D eigenvalue weighted by atomic mass is 9.87. The van der Waals surface area contributed by atoms with Crippen LogP contribution >= 0.6 is 0 Å². The van der Waals surface area contributed by atoms with Crippen LogP contribution in [0.1, 0.15) is 15.9 Å². The smallest absolute Gasteiger partial charge is 0.149 e. The molecule has 0 unspecified atom stereocenters. The van der Waals surface area contributed by atoms with Crippen LogP contribution in [-0.2, 0) is 0 Å². The molecule has 1 aromatic rings. The molecule has 0 aromatic heterocycles. The van der Waals surface area contributed by atoms with Crippen LogP contribution < -0.4 is 5.46 Å². The van der Waals surface area contributed by atoms with E-state index in [9.17, 15) is 4.79 Å². The lowest BCUT2D eigenvalue weighted by Gasteiger charge is -2.00. The third kappa shape index (κ3) is 1.10. The van der Waals surface area contributed by atoms with Crippen molar-refractivity contribution in [2.75, 3.05) is 0 Å². The van der Waals surface area contributed by atoms with E-state index in [1.165, 1.54) is 5.56 Å². The third-order valence-electron chi connectivity index (χ3n) is 1.77. The summed E-state index contributed by atoms with van der Waals surface area (Å²) in [7, 11) is 1.96. The monoisotopic (exact) mass is 132 g/mol. The van der Waals surface area contributed by atoms with Crippen molar-refractivity contribution >= 4 is 19.6 Å². The highest BCUT2D eigenvalue weighted by Gasteiger charge is 1.96. The Morgan fingerprint density at radius 1 is 1.50 bits per heavy atom. The van der Waals surface area contributed by atoms with E-state index in [0.29, 0.717) is 0 Å². The van der Waals surface area contributed by atoms with Gasteiger partial charge in [0.15, 0.2) is 0 Å². The molecule has 0 aliphatic rings. The zero-order valence-electron chi connectivity index (χ0n) is 6.22. The van der Waals surface area contributed by atoms with Crippen molar-refractivity contribution < 1.29 is 4.79 Å². The summed E-state index contributed by atoms with van der Waals surface area (Å²) in [5, 5.41) is 0. The van der Waals surface area contributed by atoms with Crippen LogP contribution in [0, 0.1) is 6.92 Å². The Bertz CT molecular complexity index is 255. The molecule has 2 heteroatoms. The molecule has 0 saturated heterocycles. The number of aryl methyl sites for hydroxylation is 1. The van der Waals surface area contributed by atoms with Gasteiger partial charge in [0.05, 0.1) is 0 Å². The summed E-state index contributed by atoms with van der Waals surface area (Å²) in [5.74, 6) is 0. The van der Waals surface area contributed by atoms with Gasteiger partial charge in [0.1, 0.15) is 14.1 Å². The molecule has 0 aliphatic carbocycles. The van der Waals surface area contributed by atoms with Gasteiger partial charge in [0.25, 0.3) is 0 Å². The number of hydrogen-bond acceptors (Lipinski definition) is 1. The van der Waals surface area contributed by atoms with Gasteiger partial charge in [-0.15, -0.1) is 0 Å². The van der Waals surface area contributed by atoms with Crippen molar-refractivity contribution in [2.45, 2.75) is 6.92 Å². The summed E-state index contributed by atoms with van der Waals surface area (Å²) in [6, 6.07) is 5.73. The summed E-state index contributed by atoms with van der Waals surface area (Å²) in [5.41, 5.74) is 3.04. The molecule has 0 spiro atoms. The molecule has 1 nitrogen and oxygen atoms in total. The Morgan fingerprint density at radius 3 is 2.70 bits per heavy atom. The van der Waals surface area contributed by atoms with Gasteiger partial charge in [-0.05, 0) is 6.92 Å². The van der Waals surface area contributed by atoms with Crippen LogP contribution in [0.25, 0.3) is 0 Å². The molecule has 0 aliphatic heterocycles. The van der Waals surface area contributed by atoms with Crippen LogP contribution in [0.15, 0.2) is 18.2 Å². The molecule has 0 N–H and O–H groups in total. The summed E-state index contributed by atoms with van der Waals surface area (Å²) in [6.07, 6.45) is 0.891. The molecule has 0 fully saturated rings. The minimum atomic E-state index is 0.792. The topological polar surface area (TPSA) is 17.1 Å². The molecular weight excluding hydrogens is 123 g/mol. The highest BCUT2D eigenvalue weighted by atomic mass is 16.1. The minimum Gasteiger partial charge on any atom is -0.298 e. The second-order valence-electron chi connectivity index (χ2n) is 2.41. The quantitative estimate of drug-likeness (QED) is 0.390. The zero-order valence-corrected chi connectivity index (χ0v) is 6.22. The van der Waals surface area contributed by atoms with E-state index < -0.39 is 0 Å². The number of aldehydes is 1. The summed E-state index contributed by atoms with van der Waals surface area (Å²) in [4.78, 5) is 10.4. The molecule has 0 heterocycles. The molecule has 1 rings (SSSR count). The molecule has 10 heavy (non-hydrogen) atoms. The van der Waals surface area contributed by atoms with E-state index in [1.54, 1.807) is 0 Å². The Hall–Kier alpha value is -1.05. The highest BCUT2D eigenvalue weighted by Crippen LogP contribution is 1.95. The zero-order chi connectivity index (χ0) is 7.56. The maximum atomic E-state index is 10.4. The molecule has 0 amide bonds. The van der Waals surface area contributed by atoms with E-state index >= 15 is 0 Å². The molecule has 1 aromatic carbocycles. The van der Waals surface area contributed by atoms with Gasteiger partial charge in [-0.25, -0.2) is 0 Å². The summed E-state index contributed by atoms with van der Waals surface area (Å²) in [6.45, 7) is 2.00. The van der Waals surface area contributed by atoms with Gasteiger partial charge >= 0.3 is 0 Å². The fourth-order valence-corrected chi connectivity index (χ4v) is 0.901. The van der Waals surface area contributed by atoms with Crippen molar-refractivity contribution in [3.63, 3.8) is 0 Å². The lowest BCUT2D eigenvalue weighted by molar-refractivity contribution is 0.112. The molecule has 0 bridgehead atoms. The first-order chi connectivity index (χ1) is 4.75. The number of rotatable bonds is 1. The highest BCUT2D eigenvalue weighted by molar-refractivity contribution is 6.36. The number of carbonyl (C=O) groups is 1. The van der Waals surface area contributed by atoms with Gasteiger partial charge in [-0.1, -0.05) is 29.2 Å². The van der Waals surface area contributed by atoms with Crippen molar-refractivity contribution in [2.24, 2.45) is 0 Å². The predicted molar refractivity (Wildman–Crippen MR) is 44.7 cm³/mol. The van der Waals surface area contributed by atoms with Gasteiger partial charge in [0, 0.05) is 5.56 Å². The fourth-order valence-electron chi connectivity index (χ4n) is 0.901. The largest absolute Gasteiger partial charge is 0.298 e. The van der Waals surface area contributed by atoms with Gasteiger partial charge < -0.3 is 0 Å². The Balaban J connectivity index is 3.27. The third-order valence-corrected chi connectivity index (χ3v) is 1.77. The number of carbonyl (C=O) groups excluding carboxylic acids is 1. The number of hydrogen-bond donors (Lipinski definition) is 0. The van der Waals surface area contributed by atoms with Crippen molar-refractivity contribution in [3.8, 4) is 0 Å². The van der Waals surface area contributed by atoms with Crippen LogP contribution in [0.3, 0.4) is 0 Å². The van der Waals surface area contributed by atoms with E-state index in [4.69, 9.17) is 0 Å². The first kappa shape index (κ1) is 7.07. The van der Waals surface area contributed by atoms with Crippen LogP contribution in [0.2, 0.25) is 0 Å². The Morgan fingerprint density at radius 2 is 2.20 bits per heavy atom. The SMILES string of the molecule is Bc1c(C)cccc1C=O. The molecule has 0 saturated carbocycles. The van der Waals surface area contributed by atoms with Gasteiger partial charge in [0.2, 0.25) is 0 Å². The fraction of sp³-hybridized carbons (Fsp3) is 0.125. The van der Waals surface area contributed by atoms with Crippen LogP contribution in [0.5, 0.6) is 0 Å². The van der Waals surface area contributed by atoms with Crippen molar-refractivity contribution in [1.82, 2.24) is 0 Å². The number of benzene rings is 1. The van der Waals surface area contributed by atoms with Crippen molar-refractivity contribution in [1.29, 1.82) is 0 Å². The average Bonchev–Trinajstić information content (AvgIpc) is 1.95. The predicted octanol–water partition coefficient (Wildman–Crippen LogP) is 0.0659. The van der Waals surface area contributed by atoms with Gasteiger partial charge in [-0.3, -0.25) is 4.79 Å². The molecule has 50 valence electrons. The lowest BCUT2D eigenvalue weighted by Crippen LogP contribution is -2.12. The van der Waals surface area contributed by atoms with E-state index in [1.807, 2.05) is 33.0 Å². The second kappa shape index (κ2) is 2.69. The van der Waals surface area contributed by atoms with Crippen LogP contribution in [0.4, 0.5) is 0 Å². The van der Waals surface area contributed by atoms with Crippen LogP contribution in [-0.4, -0.2) is 14.1 Å². The second-order valence-corrected chi connectivity index (χ2v) is 2.41. The van der Waals surface area contributed by atoms with Crippen molar-refractivity contribution in [3.05, 3.63) is 29.3 Å². The Labute approximate surface area is 61.5 Å². The van der Waals surface area contributed by atoms with E-state index in [0.717, 1.165) is 17.3 Å². The Kier molecular flexibility index (Phi) is 1.90. The van der Waals surface area contributed by atoms with E-state index in [-0.39, 0.29) is 0 Å². The summed E-state index contributed by atoms with van der Waals surface area (Å²) < 4.78 is 0. The minimum absolute atomic E-state index is 0.792. The maximum Gasteiger partial charge on any atom is 0.149 e. The summed E-state index contributed by atoms with van der Waals surface area (Å²) >= 11 is 0. The standard InChI is InChI=1S/C8H9BO/c1-6-3-2-4-7(5-10)8(6)9/h2-5H,9H2,1H3. The molecule has 0 radical (unpaired) electrons. The molecule has 0 atom stereocenters. The first-order valence-corrected chi connectivity index (χ1v) is 3.27.